The highest BCUT2D eigenvalue weighted by molar-refractivity contribution is 5.31. The lowest BCUT2D eigenvalue weighted by Crippen LogP contribution is -1.80. The van der Waals surface area contributed by atoms with Crippen molar-refractivity contribution in [3.63, 3.8) is 0 Å². The summed E-state index contributed by atoms with van der Waals surface area (Å²) in [5.41, 5.74) is 4.13. The molecule has 0 amide bonds. The topological polar surface area (TPSA) is 0 Å². The molecule has 17 heavy (non-hydrogen) atoms. The molecule has 0 heteroatoms. The van der Waals surface area contributed by atoms with Gasteiger partial charge in [0, 0.05) is 0 Å². The molecular formula is C17H26. The standard InChI is InChI=1S/C15H20.C2H6/c1-12(2)7-9-14(5)11-15(6)10-8-13(3)4;1-2/h7-10H,1,3,5-6,11H2,2,4H3;1-2H3/b9-7-,10-8-;. The first-order chi connectivity index (χ1) is 7.91. The molecule has 0 N–H and O–H groups in total. The summed E-state index contributed by atoms with van der Waals surface area (Å²) < 4.78 is 0. The van der Waals surface area contributed by atoms with Gasteiger partial charge in [-0.3, -0.25) is 0 Å². The Labute approximate surface area is 107 Å². The second-order valence-electron chi connectivity index (χ2n) is 3.85. The highest BCUT2D eigenvalue weighted by Gasteiger charge is 1.91. The van der Waals surface area contributed by atoms with Gasteiger partial charge in [-0.1, -0.05) is 86.8 Å². The molecule has 0 aromatic heterocycles. The van der Waals surface area contributed by atoms with Crippen molar-refractivity contribution < 1.29 is 0 Å². The van der Waals surface area contributed by atoms with Crippen LogP contribution in [-0.2, 0) is 0 Å². The summed E-state index contributed by atoms with van der Waals surface area (Å²) in [4.78, 5) is 0. The summed E-state index contributed by atoms with van der Waals surface area (Å²) >= 11 is 0. The summed E-state index contributed by atoms with van der Waals surface area (Å²) in [6.07, 6.45) is 8.65. The van der Waals surface area contributed by atoms with Crippen LogP contribution in [0.3, 0.4) is 0 Å². The fraction of sp³-hybridized carbons (Fsp3) is 0.294. The molecule has 0 aliphatic rings. The van der Waals surface area contributed by atoms with Gasteiger partial charge in [0.25, 0.3) is 0 Å². The van der Waals surface area contributed by atoms with Gasteiger partial charge in [0.1, 0.15) is 0 Å². The van der Waals surface area contributed by atoms with Crippen LogP contribution in [-0.4, -0.2) is 0 Å². The van der Waals surface area contributed by atoms with Crippen molar-refractivity contribution >= 4 is 0 Å². The van der Waals surface area contributed by atoms with Crippen molar-refractivity contribution in [1.82, 2.24) is 0 Å². The van der Waals surface area contributed by atoms with Crippen LogP contribution >= 0.6 is 0 Å². The van der Waals surface area contributed by atoms with Crippen LogP contribution in [0.25, 0.3) is 0 Å². The first kappa shape index (κ1) is 17.8. The summed E-state index contributed by atoms with van der Waals surface area (Å²) in [5.74, 6) is 0. The lowest BCUT2D eigenvalue weighted by atomic mass is 10.1. The van der Waals surface area contributed by atoms with E-state index in [1.54, 1.807) is 0 Å². The number of rotatable bonds is 6. The molecule has 0 saturated heterocycles. The van der Waals surface area contributed by atoms with Crippen molar-refractivity contribution in [2.45, 2.75) is 34.1 Å². The van der Waals surface area contributed by atoms with Crippen LogP contribution < -0.4 is 0 Å². The quantitative estimate of drug-likeness (QED) is 0.507. The van der Waals surface area contributed by atoms with E-state index in [4.69, 9.17) is 0 Å². The van der Waals surface area contributed by atoms with E-state index in [9.17, 15) is 0 Å². The smallest absolute Gasteiger partial charge is 0.00375 e. The zero-order valence-corrected chi connectivity index (χ0v) is 11.8. The van der Waals surface area contributed by atoms with Gasteiger partial charge >= 0.3 is 0 Å². The molecule has 0 spiro atoms. The highest BCUT2D eigenvalue weighted by atomic mass is 14.0. The molecular weight excluding hydrogens is 204 g/mol. The lowest BCUT2D eigenvalue weighted by Gasteiger charge is -2.00. The minimum absolute atomic E-state index is 0.785. The number of allylic oxidation sites excluding steroid dienone is 8. The van der Waals surface area contributed by atoms with E-state index in [1.807, 2.05) is 52.0 Å². The van der Waals surface area contributed by atoms with E-state index < -0.39 is 0 Å². The SMILES string of the molecule is C=C(C)/C=C\C(=C)CC(=C)/C=C\C(=C)C.CC. The summed E-state index contributed by atoms with van der Waals surface area (Å²) in [5, 5.41) is 0. The molecule has 94 valence electrons. The van der Waals surface area contributed by atoms with Crippen LogP contribution in [0.5, 0.6) is 0 Å². The van der Waals surface area contributed by atoms with Gasteiger partial charge in [0.2, 0.25) is 0 Å². The number of hydrogen-bond donors (Lipinski definition) is 0. The normalized spacial score (nSPS) is 9.88. The molecule has 0 aliphatic carbocycles. The molecule has 0 nitrogen and oxygen atoms in total. The Bertz CT molecular complexity index is 301. The predicted molar refractivity (Wildman–Crippen MR) is 82.2 cm³/mol. The molecule has 0 aromatic rings. The molecule has 0 atom stereocenters. The van der Waals surface area contributed by atoms with Gasteiger partial charge in [-0.15, -0.1) is 0 Å². The fourth-order valence-corrected chi connectivity index (χ4v) is 0.930. The molecule has 0 rings (SSSR count). The Kier molecular flexibility index (Phi) is 11.5. The van der Waals surface area contributed by atoms with E-state index in [0.29, 0.717) is 0 Å². The molecule has 0 saturated carbocycles. The van der Waals surface area contributed by atoms with Gasteiger partial charge in [-0.2, -0.15) is 0 Å². The monoisotopic (exact) mass is 230 g/mol. The molecule has 0 bridgehead atoms. The second kappa shape index (κ2) is 10.9. The number of hydrogen-bond acceptors (Lipinski definition) is 0. The van der Waals surface area contributed by atoms with Gasteiger partial charge in [-0.05, 0) is 20.3 Å². The van der Waals surface area contributed by atoms with Gasteiger partial charge < -0.3 is 0 Å². The van der Waals surface area contributed by atoms with Crippen LogP contribution in [0.1, 0.15) is 34.1 Å². The Hall–Kier alpha value is -1.56. The fourth-order valence-electron chi connectivity index (χ4n) is 0.930. The lowest BCUT2D eigenvalue weighted by molar-refractivity contribution is 1.22. The van der Waals surface area contributed by atoms with Gasteiger partial charge in [0.05, 0.1) is 0 Å². The van der Waals surface area contributed by atoms with Crippen molar-refractivity contribution in [2.24, 2.45) is 0 Å². The summed E-state index contributed by atoms with van der Waals surface area (Å²) in [7, 11) is 0. The summed E-state index contributed by atoms with van der Waals surface area (Å²) in [6, 6.07) is 0. The maximum Gasteiger partial charge on any atom is -0.00375 e. The van der Waals surface area contributed by atoms with Crippen molar-refractivity contribution in [2.75, 3.05) is 0 Å². The first-order valence-corrected chi connectivity index (χ1v) is 5.94. The minimum Gasteiger partial charge on any atom is -0.0961 e. The average Bonchev–Trinajstić information content (AvgIpc) is 2.26. The predicted octanol–water partition coefficient (Wildman–Crippen LogP) is 5.78. The largest absolute Gasteiger partial charge is 0.0961 e. The third-order valence-electron chi connectivity index (χ3n) is 1.66. The van der Waals surface area contributed by atoms with E-state index in [1.165, 1.54) is 0 Å². The first-order valence-electron chi connectivity index (χ1n) is 5.94. The van der Waals surface area contributed by atoms with Gasteiger partial charge in [-0.25, -0.2) is 0 Å². The van der Waals surface area contributed by atoms with Crippen LogP contribution in [0.15, 0.2) is 72.9 Å². The van der Waals surface area contributed by atoms with Gasteiger partial charge in [0.15, 0.2) is 0 Å². The maximum atomic E-state index is 3.95. The minimum atomic E-state index is 0.785. The Balaban J connectivity index is 0. The molecule has 0 aliphatic heterocycles. The van der Waals surface area contributed by atoms with Crippen LogP contribution in [0.2, 0.25) is 0 Å². The molecule has 0 unspecified atom stereocenters. The van der Waals surface area contributed by atoms with Crippen molar-refractivity contribution in [1.29, 1.82) is 0 Å². The van der Waals surface area contributed by atoms with E-state index in [2.05, 4.69) is 26.3 Å². The van der Waals surface area contributed by atoms with E-state index in [-0.39, 0.29) is 0 Å². The molecule has 0 radical (unpaired) electrons. The third kappa shape index (κ3) is 14.4. The highest BCUT2D eigenvalue weighted by Crippen LogP contribution is 2.11. The van der Waals surface area contributed by atoms with Crippen molar-refractivity contribution in [3.05, 3.63) is 72.9 Å². The Morgan fingerprint density at radius 2 is 1.00 bits per heavy atom. The zero-order valence-electron chi connectivity index (χ0n) is 11.8. The maximum absolute atomic E-state index is 3.95. The summed E-state index contributed by atoms with van der Waals surface area (Å²) in [6.45, 7) is 23.4. The Morgan fingerprint density at radius 1 is 0.706 bits per heavy atom. The van der Waals surface area contributed by atoms with Crippen LogP contribution in [0, 0.1) is 0 Å². The third-order valence-corrected chi connectivity index (χ3v) is 1.66. The Morgan fingerprint density at radius 3 is 1.24 bits per heavy atom. The van der Waals surface area contributed by atoms with E-state index in [0.717, 1.165) is 28.7 Å². The molecule has 0 fully saturated rings. The van der Waals surface area contributed by atoms with E-state index >= 15 is 0 Å². The average molecular weight is 230 g/mol. The van der Waals surface area contributed by atoms with Crippen LogP contribution in [0.4, 0.5) is 0 Å². The molecule has 0 aromatic carbocycles. The van der Waals surface area contributed by atoms with Crippen molar-refractivity contribution in [3.8, 4) is 0 Å². The molecule has 0 heterocycles. The second-order valence-corrected chi connectivity index (χ2v) is 3.85. The zero-order chi connectivity index (χ0) is 13.8.